The molecule has 3 rings (SSSR count). The molecule has 1 aromatic carbocycles. The topological polar surface area (TPSA) is 0 Å². The molecule has 0 bridgehead atoms. The first kappa shape index (κ1) is 22.9. The van der Waals surface area contributed by atoms with E-state index in [0.29, 0.717) is 0 Å². The molecule has 164 valence electrons. The third kappa shape index (κ3) is 7.15. The first-order valence-corrected chi connectivity index (χ1v) is 13.3. The van der Waals surface area contributed by atoms with Crippen LogP contribution in [0.15, 0.2) is 24.3 Å². The Hall–Kier alpha value is -0.780. The van der Waals surface area contributed by atoms with Crippen molar-refractivity contribution in [3.8, 4) is 0 Å². The van der Waals surface area contributed by atoms with Crippen molar-refractivity contribution >= 4 is 0 Å². The molecule has 0 saturated heterocycles. The Morgan fingerprint density at radius 3 is 1.69 bits per heavy atom. The second kappa shape index (κ2) is 12.2. The average Bonchev–Trinajstić information content (AvgIpc) is 2.78. The summed E-state index contributed by atoms with van der Waals surface area (Å²) in [6.07, 6.45) is 21.6. The van der Waals surface area contributed by atoms with Crippen LogP contribution in [0.25, 0.3) is 0 Å². The molecule has 0 heterocycles. The second-order valence-corrected chi connectivity index (χ2v) is 10.7. The van der Waals surface area contributed by atoms with Crippen molar-refractivity contribution < 1.29 is 0 Å². The third-order valence-electron chi connectivity index (χ3n) is 8.47. The van der Waals surface area contributed by atoms with E-state index >= 15 is 0 Å². The van der Waals surface area contributed by atoms with Crippen LogP contribution in [0.2, 0.25) is 0 Å². The van der Waals surface area contributed by atoms with E-state index in [0.717, 1.165) is 29.6 Å². The fourth-order valence-corrected chi connectivity index (χ4v) is 6.15. The van der Waals surface area contributed by atoms with Crippen LogP contribution in [0.5, 0.6) is 0 Å². The van der Waals surface area contributed by atoms with E-state index < -0.39 is 0 Å². The molecular formula is C29H48. The molecule has 0 spiro atoms. The van der Waals surface area contributed by atoms with Crippen molar-refractivity contribution in [1.82, 2.24) is 0 Å². The van der Waals surface area contributed by atoms with E-state index in [4.69, 9.17) is 0 Å². The minimum absolute atomic E-state index is 0.830. The van der Waals surface area contributed by atoms with Crippen molar-refractivity contribution in [3.63, 3.8) is 0 Å². The van der Waals surface area contributed by atoms with Crippen molar-refractivity contribution in [1.29, 1.82) is 0 Å². The lowest BCUT2D eigenvalue weighted by molar-refractivity contribution is 0.273. The normalized spacial score (nSPS) is 28.9. The van der Waals surface area contributed by atoms with Crippen molar-refractivity contribution in [2.24, 2.45) is 17.8 Å². The summed E-state index contributed by atoms with van der Waals surface area (Å²) >= 11 is 0. The van der Waals surface area contributed by atoms with E-state index in [1.54, 1.807) is 11.1 Å². The zero-order valence-electron chi connectivity index (χ0n) is 19.8. The molecule has 0 N–H and O–H groups in total. The first-order chi connectivity index (χ1) is 14.2. The Kier molecular flexibility index (Phi) is 9.60. The molecule has 2 aliphatic carbocycles. The van der Waals surface area contributed by atoms with Crippen LogP contribution in [0, 0.1) is 17.8 Å². The number of hydrogen-bond acceptors (Lipinski definition) is 0. The van der Waals surface area contributed by atoms with E-state index in [2.05, 4.69) is 45.0 Å². The van der Waals surface area contributed by atoms with E-state index in [1.807, 2.05) is 0 Å². The minimum atomic E-state index is 0.830. The summed E-state index contributed by atoms with van der Waals surface area (Å²) < 4.78 is 0. The van der Waals surface area contributed by atoms with E-state index in [-0.39, 0.29) is 0 Å². The first-order valence-electron chi connectivity index (χ1n) is 13.3. The fraction of sp³-hybridized carbons (Fsp3) is 0.793. The molecule has 0 amide bonds. The molecular weight excluding hydrogens is 348 g/mol. The maximum absolute atomic E-state index is 2.49. The van der Waals surface area contributed by atoms with Gasteiger partial charge < -0.3 is 0 Å². The van der Waals surface area contributed by atoms with Gasteiger partial charge >= 0.3 is 0 Å². The standard InChI is InChI=1S/C29H48/c1-4-6-7-8-9-24-10-14-26(15-11-24)28-18-20-29(21-19-28)27-16-12-25(13-17-27)22-23(3)5-2/h18-21,23-27H,4-17,22H2,1-3H3. The highest BCUT2D eigenvalue weighted by atomic mass is 14.3. The summed E-state index contributed by atoms with van der Waals surface area (Å²) in [7, 11) is 0. The fourth-order valence-electron chi connectivity index (χ4n) is 6.15. The van der Waals surface area contributed by atoms with Gasteiger partial charge in [0, 0.05) is 0 Å². The van der Waals surface area contributed by atoms with Crippen LogP contribution in [0.1, 0.15) is 140 Å². The highest BCUT2D eigenvalue weighted by Gasteiger charge is 2.25. The van der Waals surface area contributed by atoms with Crippen molar-refractivity contribution in [2.75, 3.05) is 0 Å². The van der Waals surface area contributed by atoms with Crippen LogP contribution in [-0.4, -0.2) is 0 Å². The molecule has 1 unspecified atom stereocenters. The summed E-state index contributed by atoms with van der Waals surface area (Å²) in [5, 5.41) is 0. The van der Waals surface area contributed by atoms with Gasteiger partial charge in [-0.25, -0.2) is 0 Å². The molecule has 0 radical (unpaired) electrons. The van der Waals surface area contributed by atoms with E-state index in [1.165, 1.54) is 96.3 Å². The van der Waals surface area contributed by atoms with Crippen molar-refractivity contribution in [2.45, 2.75) is 129 Å². The Bertz CT molecular complexity index is 540. The lowest BCUT2D eigenvalue weighted by Gasteiger charge is -2.31. The highest BCUT2D eigenvalue weighted by molar-refractivity contribution is 5.28. The van der Waals surface area contributed by atoms with Gasteiger partial charge in [-0.3, -0.25) is 0 Å². The van der Waals surface area contributed by atoms with Crippen LogP contribution >= 0.6 is 0 Å². The van der Waals surface area contributed by atoms with Gasteiger partial charge in [0.25, 0.3) is 0 Å². The van der Waals surface area contributed by atoms with Gasteiger partial charge in [0.1, 0.15) is 0 Å². The van der Waals surface area contributed by atoms with Gasteiger partial charge in [0.15, 0.2) is 0 Å². The molecule has 2 fully saturated rings. The predicted octanol–water partition coefficient (Wildman–Crippen LogP) is 9.64. The van der Waals surface area contributed by atoms with Gasteiger partial charge in [-0.1, -0.05) is 83.6 Å². The van der Waals surface area contributed by atoms with Crippen LogP contribution in [-0.2, 0) is 0 Å². The number of unbranched alkanes of at least 4 members (excludes halogenated alkanes) is 3. The monoisotopic (exact) mass is 396 g/mol. The maximum Gasteiger partial charge on any atom is -0.0162 e. The highest BCUT2D eigenvalue weighted by Crippen LogP contribution is 2.41. The summed E-state index contributed by atoms with van der Waals surface area (Å²) in [5.41, 5.74) is 3.25. The van der Waals surface area contributed by atoms with E-state index in [9.17, 15) is 0 Å². The molecule has 1 atom stereocenters. The van der Waals surface area contributed by atoms with Crippen molar-refractivity contribution in [3.05, 3.63) is 35.4 Å². The van der Waals surface area contributed by atoms with Gasteiger partial charge in [-0.15, -0.1) is 0 Å². The summed E-state index contributed by atoms with van der Waals surface area (Å²) in [4.78, 5) is 0. The Morgan fingerprint density at radius 2 is 1.21 bits per heavy atom. The predicted molar refractivity (Wildman–Crippen MR) is 129 cm³/mol. The quantitative estimate of drug-likeness (QED) is 0.345. The van der Waals surface area contributed by atoms with Gasteiger partial charge in [-0.2, -0.15) is 0 Å². The molecule has 0 heteroatoms. The van der Waals surface area contributed by atoms with Crippen LogP contribution in [0.4, 0.5) is 0 Å². The lowest BCUT2D eigenvalue weighted by Crippen LogP contribution is -2.16. The van der Waals surface area contributed by atoms with Gasteiger partial charge in [0.05, 0.1) is 0 Å². The third-order valence-corrected chi connectivity index (χ3v) is 8.47. The smallest absolute Gasteiger partial charge is 0.0162 e. The second-order valence-electron chi connectivity index (χ2n) is 10.7. The molecule has 2 saturated carbocycles. The molecule has 0 aliphatic heterocycles. The summed E-state index contributed by atoms with van der Waals surface area (Å²) in [5.74, 6) is 4.60. The zero-order chi connectivity index (χ0) is 20.5. The van der Waals surface area contributed by atoms with Crippen LogP contribution in [0.3, 0.4) is 0 Å². The minimum Gasteiger partial charge on any atom is -0.0654 e. The van der Waals surface area contributed by atoms with Gasteiger partial charge in [0.2, 0.25) is 0 Å². The number of rotatable bonds is 10. The molecule has 2 aliphatic rings. The SMILES string of the molecule is CCCCCCC1CCC(c2ccc(C3CCC(CC(C)CC)CC3)cc2)CC1. The zero-order valence-corrected chi connectivity index (χ0v) is 19.8. The average molecular weight is 397 g/mol. The summed E-state index contributed by atoms with van der Waals surface area (Å²) in [6, 6.07) is 9.97. The Labute approximate surface area is 182 Å². The molecule has 1 aromatic rings. The summed E-state index contributed by atoms with van der Waals surface area (Å²) in [6.45, 7) is 7.10. The largest absolute Gasteiger partial charge is 0.0654 e. The molecule has 29 heavy (non-hydrogen) atoms. The maximum atomic E-state index is 2.49. The Morgan fingerprint density at radius 1 is 0.690 bits per heavy atom. The molecule has 0 aromatic heterocycles. The Balaban J connectivity index is 1.41. The van der Waals surface area contributed by atoms with Gasteiger partial charge in [-0.05, 0) is 98.5 Å². The number of benzene rings is 1. The number of hydrogen-bond donors (Lipinski definition) is 0. The molecule has 0 nitrogen and oxygen atoms in total. The lowest BCUT2D eigenvalue weighted by atomic mass is 9.74. The van der Waals surface area contributed by atoms with Crippen LogP contribution < -0.4 is 0 Å².